The number of nitrogens with zero attached hydrogens (tertiary/aromatic N) is 1. The van der Waals surface area contributed by atoms with Crippen LogP contribution in [0.5, 0.6) is 0 Å². The number of hydrogen-bond acceptors (Lipinski definition) is 3. The number of piperidine rings is 1. The van der Waals surface area contributed by atoms with Crippen molar-refractivity contribution in [3.63, 3.8) is 0 Å². The average molecular weight is 273 g/mol. The van der Waals surface area contributed by atoms with E-state index in [1.165, 1.54) is 5.56 Å². The van der Waals surface area contributed by atoms with Crippen LogP contribution in [0.3, 0.4) is 0 Å². The minimum Gasteiger partial charge on any atom is -0.299 e. The highest BCUT2D eigenvalue weighted by Gasteiger charge is 2.30. The Kier molecular flexibility index (Phi) is 4.39. The summed E-state index contributed by atoms with van der Waals surface area (Å²) in [4.78, 5) is 26.3. The van der Waals surface area contributed by atoms with Crippen LogP contribution in [0.25, 0.3) is 0 Å². The Hall–Kier alpha value is -1.48. The largest absolute Gasteiger partial charge is 0.299 e. The quantitative estimate of drug-likeness (QED) is 0.795. The molecule has 1 aliphatic rings. The highest BCUT2D eigenvalue weighted by Crippen LogP contribution is 2.19. The molecule has 1 aliphatic heterocycles. The number of aryl methyl sites for hydroxylation is 2. The zero-order valence-electron chi connectivity index (χ0n) is 12.8. The van der Waals surface area contributed by atoms with Crippen LogP contribution in [0.2, 0.25) is 0 Å². The number of likely N-dealkylation sites (tertiary alicyclic amines) is 1. The molecule has 108 valence electrons. The van der Waals surface area contributed by atoms with E-state index in [2.05, 4.69) is 4.90 Å². The first kappa shape index (κ1) is 14.9. The molecule has 0 radical (unpaired) electrons. The Morgan fingerprint density at radius 3 is 2.60 bits per heavy atom. The lowest BCUT2D eigenvalue weighted by Crippen LogP contribution is -2.47. The molecule has 0 amide bonds. The summed E-state index contributed by atoms with van der Waals surface area (Å²) < 4.78 is 0. The van der Waals surface area contributed by atoms with Crippen LogP contribution in [0, 0.1) is 19.8 Å². The molecule has 1 fully saturated rings. The van der Waals surface area contributed by atoms with Crippen LogP contribution in [0.4, 0.5) is 0 Å². The number of carbonyl (C=O) groups is 2. The van der Waals surface area contributed by atoms with Crippen LogP contribution >= 0.6 is 0 Å². The van der Waals surface area contributed by atoms with Crippen molar-refractivity contribution in [1.29, 1.82) is 0 Å². The van der Waals surface area contributed by atoms with Crippen molar-refractivity contribution in [2.45, 2.75) is 40.2 Å². The summed E-state index contributed by atoms with van der Waals surface area (Å²) in [5, 5.41) is 0. The second-order valence-electron chi connectivity index (χ2n) is 5.95. The van der Waals surface area contributed by atoms with Crippen molar-refractivity contribution < 1.29 is 9.59 Å². The molecular weight excluding hydrogens is 250 g/mol. The van der Waals surface area contributed by atoms with Crippen molar-refractivity contribution >= 4 is 11.6 Å². The van der Waals surface area contributed by atoms with Gasteiger partial charge in [-0.25, -0.2) is 0 Å². The van der Waals surface area contributed by atoms with Gasteiger partial charge in [0.1, 0.15) is 5.78 Å². The molecule has 2 atom stereocenters. The molecule has 0 bridgehead atoms. The van der Waals surface area contributed by atoms with E-state index in [9.17, 15) is 9.59 Å². The Morgan fingerprint density at radius 2 is 2.00 bits per heavy atom. The second kappa shape index (κ2) is 5.88. The molecule has 20 heavy (non-hydrogen) atoms. The average Bonchev–Trinajstić information content (AvgIpc) is 2.43. The third kappa shape index (κ3) is 2.98. The summed E-state index contributed by atoms with van der Waals surface area (Å²) in [5.41, 5.74) is 3.11. The molecule has 1 aromatic carbocycles. The van der Waals surface area contributed by atoms with Crippen molar-refractivity contribution in [2.75, 3.05) is 13.1 Å². The third-order valence-electron chi connectivity index (χ3n) is 4.42. The topological polar surface area (TPSA) is 37.4 Å². The van der Waals surface area contributed by atoms with Crippen molar-refractivity contribution in [3.8, 4) is 0 Å². The molecule has 2 rings (SSSR count). The maximum absolute atomic E-state index is 12.6. The van der Waals surface area contributed by atoms with E-state index < -0.39 is 0 Å². The molecule has 3 heteroatoms. The lowest BCUT2D eigenvalue weighted by Gasteiger charge is -2.34. The maximum Gasteiger partial charge on any atom is 0.179 e. The Bertz CT molecular complexity index is 536. The summed E-state index contributed by atoms with van der Waals surface area (Å²) in [5.74, 6) is 0.500. The van der Waals surface area contributed by atoms with Gasteiger partial charge in [0.25, 0.3) is 0 Å². The van der Waals surface area contributed by atoms with E-state index >= 15 is 0 Å². The summed E-state index contributed by atoms with van der Waals surface area (Å²) in [6.45, 7) is 9.35. The molecular formula is C17H23NO2. The van der Waals surface area contributed by atoms with E-state index in [-0.39, 0.29) is 17.7 Å². The smallest absolute Gasteiger partial charge is 0.179 e. The van der Waals surface area contributed by atoms with Gasteiger partial charge in [0, 0.05) is 31.0 Å². The summed E-state index contributed by atoms with van der Waals surface area (Å²) in [7, 11) is 0. The highest BCUT2D eigenvalue weighted by molar-refractivity contribution is 6.00. The van der Waals surface area contributed by atoms with E-state index in [1.807, 2.05) is 45.9 Å². The number of rotatable bonds is 3. The van der Waals surface area contributed by atoms with Gasteiger partial charge in [-0.2, -0.15) is 0 Å². The fraction of sp³-hybridized carbons (Fsp3) is 0.529. The fourth-order valence-electron chi connectivity index (χ4n) is 2.70. The van der Waals surface area contributed by atoms with Crippen LogP contribution in [-0.4, -0.2) is 35.6 Å². The first-order valence-corrected chi connectivity index (χ1v) is 7.28. The van der Waals surface area contributed by atoms with E-state index in [1.54, 1.807) is 0 Å². The van der Waals surface area contributed by atoms with Gasteiger partial charge in [-0.3, -0.25) is 14.5 Å². The number of Topliss-reactive ketones (excluding diaryl/α,β-unsaturated/α-hetero) is 2. The van der Waals surface area contributed by atoms with Crippen molar-refractivity contribution in [3.05, 3.63) is 34.9 Å². The molecule has 3 nitrogen and oxygen atoms in total. The molecule has 1 aromatic rings. The van der Waals surface area contributed by atoms with Crippen LogP contribution in [-0.2, 0) is 4.79 Å². The lowest BCUT2D eigenvalue weighted by molar-refractivity contribution is -0.125. The first-order chi connectivity index (χ1) is 9.40. The van der Waals surface area contributed by atoms with Crippen LogP contribution in [0.1, 0.15) is 41.8 Å². The highest BCUT2D eigenvalue weighted by atomic mass is 16.1. The third-order valence-corrected chi connectivity index (χ3v) is 4.42. The molecule has 1 heterocycles. The predicted molar refractivity (Wildman–Crippen MR) is 80.1 cm³/mol. The SMILES string of the molecule is Cc1ccc(C(=O)C(C)N2CCC(=O)C(C)C2)cc1C. The van der Waals surface area contributed by atoms with E-state index in [0.29, 0.717) is 25.3 Å². The normalized spacial score (nSPS) is 21.8. The predicted octanol–water partition coefficient (Wildman–Crippen LogP) is 2.79. The standard InChI is InChI=1S/C17H23NO2/c1-11-5-6-15(9-12(11)2)17(20)14(4)18-8-7-16(19)13(3)10-18/h5-6,9,13-14H,7-8,10H2,1-4H3. The molecule has 0 aromatic heterocycles. The van der Waals surface area contributed by atoms with Crippen molar-refractivity contribution in [2.24, 2.45) is 5.92 Å². The van der Waals surface area contributed by atoms with E-state index in [4.69, 9.17) is 0 Å². The molecule has 0 N–H and O–H groups in total. The molecule has 0 aliphatic carbocycles. The van der Waals surface area contributed by atoms with Crippen molar-refractivity contribution in [1.82, 2.24) is 4.90 Å². The molecule has 0 spiro atoms. The monoisotopic (exact) mass is 273 g/mol. The number of hydrogen-bond donors (Lipinski definition) is 0. The van der Waals surface area contributed by atoms with Gasteiger partial charge >= 0.3 is 0 Å². The first-order valence-electron chi connectivity index (χ1n) is 7.28. The Labute approximate surface area is 121 Å². The van der Waals surface area contributed by atoms with Gasteiger partial charge in [-0.05, 0) is 38.0 Å². The Balaban J connectivity index is 2.12. The minimum atomic E-state index is -0.160. The number of ketones is 2. The summed E-state index contributed by atoms with van der Waals surface area (Å²) >= 11 is 0. The number of carbonyl (C=O) groups excluding carboxylic acids is 2. The van der Waals surface area contributed by atoms with Gasteiger partial charge in [0.2, 0.25) is 0 Å². The van der Waals surface area contributed by atoms with Gasteiger partial charge < -0.3 is 0 Å². The fourth-order valence-corrected chi connectivity index (χ4v) is 2.70. The van der Waals surface area contributed by atoms with Gasteiger partial charge in [-0.15, -0.1) is 0 Å². The molecule has 0 saturated carbocycles. The van der Waals surface area contributed by atoms with Gasteiger partial charge in [0.15, 0.2) is 5.78 Å². The second-order valence-corrected chi connectivity index (χ2v) is 5.95. The molecule has 2 unspecified atom stereocenters. The maximum atomic E-state index is 12.6. The minimum absolute atomic E-state index is 0.0405. The van der Waals surface area contributed by atoms with Gasteiger partial charge in [-0.1, -0.05) is 19.1 Å². The Morgan fingerprint density at radius 1 is 1.30 bits per heavy atom. The van der Waals surface area contributed by atoms with Gasteiger partial charge in [0.05, 0.1) is 6.04 Å². The summed E-state index contributed by atoms with van der Waals surface area (Å²) in [6, 6.07) is 5.71. The zero-order valence-corrected chi connectivity index (χ0v) is 12.8. The zero-order chi connectivity index (χ0) is 14.9. The number of benzene rings is 1. The van der Waals surface area contributed by atoms with Crippen LogP contribution < -0.4 is 0 Å². The molecule has 1 saturated heterocycles. The van der Waals surface area contributed by atoms with E-state index in [0.717, 1.165) is 11.1 Å². The lowest BCUT2D eigenvalue weighted by atomic mass is 9.94. The summed E-state index contributed by atoms with van der Waals surface area (Å²) in [6.07, 6.45) is 0.561. The van der Waals surface area contributed by atoms with Crippen LogP contribution in [0.15, 0.2) is 18.2 Å².